The zero-order chi connectivity index (χ0) is 14.4. The van der Waals surface area contributed by atoms with Gasteiger partial charge in [-0.2, -0.15) is 0 Å². The van der Waals surface area contributed by atoms with Gasteiger partial charge < -0.3 is 9.73 Å². The fourth-order valence-electron chi connectivity index (χ4n) is 3.74. The molecule has 0 radical (unpaired) electrons. The molecule has 5 heteroatoms. The molecule has 4 rings (SSSR count). The van der Waals surface area contributed by atoms with Gasteiger partial charge in [-0.3, -0.25) is 4.90 Å². The number of thiophene rings is 1. The van der Waals surface area contributed by atoms with Crippen LogP contribution in [0.5, 0.6) is 0 Å². The molecular weight excluding hydrogens is 282 g/mol. The van der Waals surface area contributed by atoms with E-state index in [0.717, 1.165) is 40.6 Å². The molecule has 3 unspecified atom stereocenters. The van der Waals surface area contributed by atoms with E-state index in [0.29, 0.717) is 6.04 Å². The van der Waals surface area contributed by atoms with Crippen LogP contribution in [-0.2, 0) is 6.54 Å². The number of nitrogens with one attached hydrogen (secondary N) is 1. The first kappa shape index (κ1) is 13.5. The van der Waals surface area contributed by atoms with Gasteiger partial charge in [-0.1, -0.05) is 6.07 Å². The molecule has 0 aromatic carbocycles. The maximum absolute atomic E-state index is 5.86. The monoisotopic (exact) mass is 303 g/mol. The summed E-state index contributed by atoms with van der Waals surface area (Å²) in [6, 6.07) is 4.73. The van der Waals surface area contributed by atoms with Gasteiger partial charge >= 0.3 is 0 Å². The Kier molecular flexibility index (Phi) is 3.36. The molecule has 0 spiro atoms. The lowest BCUT2D eigenvalue weighted by Gasteiger charge is -2.23. The standard InChI is InChI=1S/C16H21N3OS/c1-10-13-7-17-6-12(13)8-19(10)9-14-11(2)20-16(18-14)15-4-3-5-21-15/h3-5,10,12-13,17H,6-9H2,1-2H3. The van der Waals surface area contributed by atoms with Crippen molar-refractivity contribution in [2.24, 2.45) is 11.8 Å². The molecule has 21 heavy (non-hydrogen) atoms. The van der Waals surface area contributed by atoms with Crippen molar-refractivity contribution >= 4 is 11.3 Å². The van der Waals surface area contributed by atoms with E-state index in [4.69, 9.17) is 9.40 Å². The molecule has 112 valence electrons. The number of oxazole rings is 1. The number of aromatic nitrogens is 1. The van der Waals surface area contributed by atoms with Crippen molar-refractivity contribution in [1.82, 2.24) is 15.2 Å². The van der Waals surface area contributed by atoms with Gasteiger partial charge in [-0.25, -0.2) is 4.98 Å². The first-order valence-electron chi connectivity index (χ1n) is 7.67. The minimum absolute atomic E-state index is 0.631. The first-order valence-corrected chi connectivity index (χ1v) is 8.55. The van der Waals surface area contributed by atoms with Crippen LogP contribution in [0.3, 0.4) is 0 Å². The van der Waals surface area contributed by atoms with E-state index in [9.17, 15) is 0 Å². The number of rotatable bonds is 3. The van der Waals surface area contributed by atoms with E-state index in [1.54, 1.807) is 11.3 Å². The van der Waals surface area contributed by atoms with E-state index in [1.807, 2.05) is 13.0 Å². The van der Waals surface area contributed by atoms with Crippen LogP contribution in [-0.4, -0.2) is 35.6 Å². The molecule has 0 amide bonds. The van der Waals surface area contributed by atoms with Crippen molar-refractivity contribution in [1.29, 1.82) is 0 Å². The smallest absolute Gasteiger partial charge is 0.236 e. The van der Waals surface area contributed by atoms with Crippen molar-refractivity contribution in [2.75, 3.05) is 19.6 Å². The van der Waals surface area contributed by atoms with E-state index in [1.165, 1.54) is 19.6 Å². The zero-order valence-corrected chi connectivity index (χ0v) is 13.3. The second kappa shape index (κ2) is 5.23. The van der Waals surface area contributed by atoms with Gasteiger partial charge in [0, 0.05) is 19.1 Å². The van der Waals surface area contributed by atoms with Crippen molar-refractivity contribution in [3.8, 4) is 10.8 Å². The highest BCUT2D eigenvalue weighted by atomic mass is 32.1. The Hall–Kier alpha value is -1.17. The van der Waals surface area contributed by atoms with Crippen LogP contribution in [0.1, 0.15) is 18.4 Å². The number of fused-ring (bicyclic) bond motifs is 1. The highest BCUT2D eigenvalue weighted by Crippen LogP contribution is 2.34. The van der Waals surface area contributed by atoms with E-state index in [-0.39, 0.29) is 0 Å². The lowest BCUT2D eigenvalue weighted by molar-refractivity contribution is 0.228. The highest BCUT2D eigenvalue weighted by Gasteiger charge is 2.41. The lowest BCUT2D eigenvalue weighted by atomic mass is 9.95. The summed E-state index contributed by atoms with van der Waals surface area (Å²) in [6.45, 7) is 8.81. The topological polar surface area (TPSA) is 41.3 Å². The fourth-order valence-corrected chi connectivity index (χ4v) is 4.39. The molecule has 4 heterocycles. The number of hydrogen-bond acceptors (Lipinski definition) is 5. The van der Waals surface area contributed by atoms with Gasteiger partial charge in [-0.05, 0) is 50.2 Å². The maximum atomic E-state index is 5.86. The molecule has 2 fully saturated rings. The summed E-state index contributed by atoms with van der Waals surface area (Å²) in [6.07, 6.45) is 0. The third kappa shape index (κ3) is 2.33. The molecule has 3 atom stereocenters. The summed E-state index contributed by atoms with van der Waals surface area (Å²) < 4.78 is 5.86. The molecule has 2 aliphatic rings. The zero-order valence-electron chi connectivity index (χ0n) is 12.5. The van der Waals surface area contributed by atoms with Gasteiger partial charge in [-0.15, -0.1) is 11.3 Å². The summed E-state index contributed by atoms with van der Waals surface area (Å²) in [7, 11) is 0. The van der Waals surface area contributed by atoms with Crippen molar-refractivity contribution in [3.63, 3.8) is 0 Å². The molecule has 2 aliphatic heterocycles. The normalized spacial score (nSPS) is 29.1. The average Bonchev–Trinajstić information content (AvgIpc) is 3.19. The summed E-state index contributed by atoms with van der Waals surface area (Å²) in [4.78, 5) is 8.41. The third-order valence-electron chi connectivity index (χ3n) is 5.03. The molecule has 2 aromatic rings. The van der Waals surface area contributed by atoms with E-state index in [2.05, 4.69) is 28.6 Å². The molecule has 4 nitrogen and oxygen atoms in total. The van der Waals surface area contributed by atoms with Gasteiger partial charge in [0.25, 0.3) is 0 Å². The number of nitrogens with zero attached hydrogens (tertiary/aromatic N) is 2. The Bertz CT molecular complexity index is 622. The van der Waals surface area contributed by atoms with Gasteiger partial charge in [0.2, 0.25) is 5.89 Å². The van der Waals surface area contributed by atoms with Crippen LogP contribution in [0.4, 0.5) is 0 Å². The molecule has 0 bridgehead atoms. The predicted octanol–water partition coefficient (Wildman–Crippen LogP) is 2.75. The van der Waals surface area contributed by atoms with Crippen molar-refractivity contribution in [3.05, 3.63) is 29.0 Å². The Balaban J connectivity index is 1.53. The average molecular weight is 303 g/mol. The Morgan fingerprint density at radius 2 is 2.38 bits per heavy atom. The van der Waals surface area contributed by atoms with Crippen LogP contribution >= 0.6 is 11.3 Å². The van der Waals surface area contributed by atoms with Gasteiger partial charge in [0.1, 0.15) is 5.76 Å². The maximum Gasteiger partial charge on any atom is 0.236 e. The molecule has 1 N–H and O–H groups in total. The summed E-state index contributed by atoms with van der Waals surface area (Å²) in [5, 5.41) is 5.57. The largest absolute Gasteiger partial charge is 0.440 e. The van der Waals surface area contributed by atoms with Crippen LogP contribution in [0.25, 0.3) is 10.8 Å². The Labute approximate surface area is 129 Å². The molecule has 0 saturated carbocycles. The summed E-state index contributed by atoms with van der Waals surface area (Å²) in [5.41, 5.74) is 1.10. The van der Waals surface area contributed by atoms with E-state index < -0.39 is 0 Å². The minimum atomic E-state index is 0.631. The van der Waals surface area contributed by atoms with E-state index >= 15 is 0 Å². The Morgan fingerprint density at radius 1 is 1.48 bits per heavy atom. The summed E-state index contributed by atoms with van der Waals surface area (Å²) in [5.74, 6) is 3.34. The van der Waals surface area contributed by atoms with Gasteiger partial charge in [0.05, 0.1) is 10.6 Å². The third-order valence-corrected chi connectivity index (χ3v) is 5.89. The van der Waals surface area contributed by atoms with Crippen molar-refractivity contribution < 1.29 is 4.42 Å². The quantitative estimate of drug-likeness (QED) is 0.946. The lowest BCUT2D eigenvalue weighted by Crippen LogP contribution is -2.33. The molecular formula is C16H21N3OS. The van der Waals surface area contributed by atoms with Crippen LogP contribution in [0.2, 0.25) is 0 Å². The second-order valence-electron chi connectivity index (χ2n) is 6.25. The fraction of sp³-hybridized carbons (Fsp3) is 0.562. The minimum Gasteiger partial charge on any atom is -0.440 e. The van der Waals surface area contributed by atoms with Crippen LogP contribution < -0.4 is 5.32 Å². The number of aryl methyl sites for hydroxylation is 1. The molecule has 2 saturated heterocycles. The first-order chi connectivity index (χ1) is 10.2. The van der Waals surface area contributed by atoms with Gasteiger partial charge in [0.15, 0.2) is 0 Å². The predicted molar refractivity (Wildman–Crippen MR) is 84.3 cm³/mol. The Morgan fingerprint density at radius 3 is 3.14 bits per heavy atom. The van der Waals surface area contributed by atoms with Crippen LogP contribution in [0, 0.1) is 18.8 Å². The SMILES string of the molecule is Cc1oc(-c2cccs2)nc1CN1CC2CNCC2C1C. The summed E-state index contributed by atoms with van der Waals surface area (Å²) >= 11 is 1.68. The number of hydrogen-bond donors (Lipinski definition) is 1. The second-order valence-corrected chi connectivity index (χ2v) is 7.20. The van der Waals surface area contributed by atoms with Crippen molar-refractivity contribution in [2.45, 2.75) is 26.4 Å². The molecule has 2 aromatic heterocycles. The number of likely N-dealkylation sites (tertiary alicyclic amines) is 1. The molecule has 0 aliphatic carbocycles. The van der Waals surface area contributed by atoms with Crippen LogP contribution in [0.15, 0.2) is 21.9 Å². The highest BCUT2D eigenvalue weighted by molar-refractivity contribution is 7.13.